The van der Waals surface area contributed by atoms with Gasteiger partial charge in [0.25, 0.3) is 5.56 Å². The van der Waals surface area contributed by atoms with E-state index in [1.807, 2.05) is 6.92 Å². The number of halogens is 1. The number of aromatic nitrogens is 1. The second kappa shape index (κ2) is 7.03. The predicted octanol–water partition coefficient (Wildman–Crippen LogP) is 2.33. The number of benzene rings is 1. The first-order valence-electron chi connectivity index (χ1n) is 8.24. The topological polar surface area (TPSA) is 94.4 Å². The monoisotopic (exact) mass is 358 g/mol. The van der Waals surface area contributed by atoms with Gasteiger partial charge in [0.05, 0.1) is 18.6 Å². The van der Waals surface area contributed by atoms with Crippen molar-refractivity contribution in [3.05, 3.63) is 74.8 Å². The molecule has 1 aromatic carbocycles. The molecule has 6 nitrogen and oxygen atoms in total. The number of pyridine rings is 1. The fourth-order valence-electron chi connectivity index (χ4n) is 3.17. The second-order valence-electron chi connectivity index (χ2n) is 5.98. The van der Waals surface area contributed by atoms with Gasteiger partial charge in [-0.05, 0) is 12.5 Å². The minimum absolute atomic E-state index is 0.0983. The lowest BCUT2D eigenvalue weighted by Crippen LogP contribution is -2.32. The van der Waals surface area contributed by atoms with E-state index in [0.29, 0.717) is 12.1 Å². The van der Waals surface area contributed by atoms with Gasteiger partial charge < -0.3 is 20.2 Å². The molecule has 0 fully saturated rings. The van der Waals surface area contributed by atoms with E-state index in [2.05, 4.69) is 4.98 Å². The molecule has 7 heteroatoms. The summed E-state index contributed by atoms with van der Waals surface area (Å²) in [5.41, 5.74) is 6.35. The van der Waals surface area contributed by atoms with Crippen LogP contribution in [-0.2, 0) is 16.0 Å². The number of hydrogen-bond donors (Lipinski definition) is 2. The summed E-state index contributed by atoms with van der Waals surface area (Å²) in [7, 11) is 1.19. The van der Waals surface area contributed by atoms with Crippen LogP contribution in [0, 0.1) is 5.82 Å². The van der Waals surface area contributed by atoms with Crippen molar-refractivity contribution in [2.75, 3.05) is 7.11 Å². The first-order valence-corrected chi connectivity index (χ1v) is 8.24. The number of nitrogens with one attached hydrogen (secondary N) is 1. The highest BCUT2D eigenvalue weighted by atomic mass is 19.1. The molecule has 2 heterocycles. The predicted molar refractivity (Wildman–Crippen MR) is 93.2 cm³/mol. The molecule has 1 unspecified atom stereocenters. The quantitative estimate of drug-likeness (QED) is 0.818. The number of carbonyl (C=O) groups is 1. The summed E-state index contributed by atoms with van der Waals surface area (Å²) < 4.78 is 24.8. The molecule has 0 radical (unpaired) electrons. The van der Waals surface area contributed by atoms with Gasteiger partial charge in [-0.25, -0.2) is 9.18 Å². The van der Waals surface area contributed by atoms with Crippen molar-refractivity contribution < 1.29 is 18.7 Å². The van der Waals surface area contributed by atoms with E-state index in [4.69, 9.17) is 15.2 Å². The number of ether oxygens (including phenoxy) is 2. The highest BCUT2D eigenvalue weighted by molar-refractivity contribution is 5.92. The molecule has 1 aliphatic rings. The highest BCUT2D eigenvalue weighted by Gasteiger charge is 2.38. The number of rotatable bonds is 4. The smallest absolute Gasteiger partial charge is 0.340 e. The minimum atomic E-state index is -1.02. The number of H-pyrrole nitrogens is 1. The molecule has 1 aliphatic heterocycles. The summed E-state index contributed by atoms with van der Waals surface area (Å²) in [5, 5.41) is 0. The fraction of sp³-hybridized carbons (Fsp3) is 0.263. The SMILES string of the molecule is CCCc1cc2c(c(=O)[nH]1)C(c1ccccc1F)C(C(=O)OC)=C(N)O2. The fourth-order valence-corrected chi connectivity index (χ4v) is 3.17. The number of esters is 1. The number of aryl methyl sites for hydroxylation is 1. The molecule has 1 aromatic heterocycles. The van der Waals surface area contributed by atoms with Gasteiger partial charge in [0.2, 0.25) is 5.88 Å². The Morgan fingerprint density at radius 1 is 1.38 bits per heavy atom. The molecule has 1 atom stereocenters. The maximum absolute atomic E-state index is 14.5. The lowest BCUT2D eigenvalue weighted by atomic mass is 9.83. The zero-order valence-electron chi connectivity index (χ0n) is 14.5. The Balaban J connectivity index is 2.29. The lowest BCUT2D eigenvalue weighted by Gasteiger charge is -2.28. The van der Waals surface area contributed by atoms with Crippen molar-refractivity contribution in [2.45, 2.75) is 25.7 Å². The first-order chi connectivity index (χ1) is 12.5. The van der Waals surface area contributed by atoms with Crippen molar-refractivity contribution in [2.24, 2.45) is 5.73 Å². The van der Waals surface area contributed by atoms with Crippen LogP contribution in [0.5, 0.6) is 5.75 Å². The minimum Gasteiger partial charge on any atom is -0.465 e. The van der Waals surface area contributed by atoms with Gasteiger partial charge in [0, 0.05) is 17.3 Å². The molecule has 0 aliphatic carbocycles. The van der Waals surface area contributed by atoms with Crippen LogP contribution in [0.2, 0.25) is 0 Å². The number of carbonyl (C=O) groups excluding carboxylic acids is 1. The third-order valence-corrected chi connectivity index (χ3v) is 4.29. The number of methoxy groups -OCH3 is 1. The van der Waals surface area contributed by atoms with Gasteiger partial charge in [0.15, 0.2) is 0 Å². The third-order valence-electron chi connectivity index (χ3n) is 4.29. The molecule has 26 heavy (non-hydrogen) atoms. The molecule has 0 bridgehead atoms. The molecule has 2 aromatic rings. The Hall–Kier alpha value is -3.09. The Morgan fingerprint density at radius 3 is 2.77 bits per heavy atom. The Morgan fingerprint density at radius 2 is 2.12 bits per heavy atom. The van der Waals surface area contributed by atoms with Crippen molar-refractivity contribution >= 4 is 5.97 Å². The van der Waals surface area contributed by atoms with Crippen LogP contribution in [0.3, 0.4) is 0 Å². The van der Waals surface area contributed by atoms with Crippen LogP contribution in [-0.4, -0.2) is 18.1 Å². The largest absolute Gasteiger partial charge is 0.465 e. The van der Waals surface area contributed by atoms with E-state index in [-0.39, 0.29) is 28.3 Å². The summed E-state index contributed by atoms with van der Waals surface area (Å²) in [5.74, 6) is -2.34. The van der Waals surface area contributed by atoms with Crippen LogP contribution in [0.1, 0.15) is 36.1 Å². The third kappa shape index (κ3) is 2.96. The summed E-state index contributed by atoms with van der Waals surface area (Å²) >= 11 is 0. The van der Waals surface area contributed by atoms with E-state index in [1.54, 1.807) is 12.1 Å². The molecule has 3 N–H and O–H groups in total. The molecule has 136 valence electrons. The first kappa shape index (κ1) is 17.7. The molecule has 0 spiro atoms. The van der Waals surface area contributed by atoms with Crippen LogP contribution >= 0.6 is 0 Å². The van der Waals surface area contributed by atoms with E-state index in [9.17, 15) is 14.0 Å². The lowest BCUT2D eigenvalue weighted by molar-refractivity contribution is -0.136. The maximum Gasteiger partial charge on any atom is 0.340 e. The Kier molecular flexibility index (Phi) is 4.79. The standard InChI is InChI=1S/C19H19FN2O4/c1-3-6-10-9-13-15(18(23)22-10)14(11-7-4-5-8-12(11)20)16(17(21)26-13)19(24)25-2/h4-5,7-9,14H,3,6,21H2,1-2H3,(H,22,23). The number of fused-ring (bicyclic) bond motifs is 1. The van der Waals surface area contributed by atoms with Crippen LogP contribution < -0.4 is 16.0 Å². The normalized spacial score (nSPS) is 16.0. The number of aromatic amines is 1. The average Bonchev–Trinajstić information content (AvgIpc) is 2.60. The van der Waals surface area contributed by atoms with Gasteiger partial charge >= 0.3 is 5.97 Å². The van der Waals surface area contributed by atoms with E-state index in [0.717, 1.165) is 6.42 Å². The van der Waals surface area contributed by atoms with E-state index < -0.39 is 23.3 Å². The van der Waals surface area contributed by atoms with Gasteiger partial charge in [-0.1, -0.05) is 31.5 Å². The number of hydrogen-bond acceptors (Lipinski definition) is 5. The van der Waals surface area contributed by atoms with E-state index >= 15 is 0 Å². The van der Waals surface area contributed by atoms with Gasteiger partial charge in [-0.2, -0.15) is 0 Å². The number of nitrogens with two attached hydrogens (primary N) is 1. The zero-order valence-corrected chi connectivity index (χ0v) is 14.5. The van der Waals surface area contributed by atoms with Crippen molar-refractivity contribution in [3.63, 3.8) is 0 Å². The van der Waals surface area contributed by atoms with Crippen molar-refractivity contribution in [3.8, 4) is 5.75 Å². The molecule has 0 saturated carbocycles. The second-order valence-corrected chi connectivity index (χ2v) is 5.98. The maximum atomic E-state index is 14.5. The molecule has 3 rings (SSSR count). The van der Waals surface area contributed by atoms with Crippen molar-refractivity contribution in [1.29, 1.82) is 0 Å². The average molecular weight is 358 g/mol. The highest BCUT2D eigenvalue weighted by Crippen LogP contribution is 2.41. The molecular formula is C19H19FN2O4. The zero-order chi connectivity index (χ0) is 18.8. The summed E-state index contributed by atoms with van der Waals surface area (Å²) in [6.45, 7) is 1.98. The van der Waals surface area contributed by atoms with Crippen LogP contribution in [0.15, 0.2) is 46.6 Å². The molecule has 0 amide bonds. The summed E-state index contributed by atoms with van der Waals surface area (Å²) in [6.07, 6.45) is 1.47. The summed E-state index contributed by atoms with van der Waals surface area (Å²) in [6, 6.07) is 7.58. The molecule has 0 saturated heterocycles. The van der Waals surface area contributed by atoms with Crippen LogP contribution in [0.25, 0.3) is 0 Å². The van der Waals surface area contributed by atoms with Gasteiger partial charge in [0.1, 0.15) is 17.1 Å². The van der Waals surface area contributed by atoms with Gasteiger partial charge in [-0.3, -0.25) is 4.79 Å². The Bertz CT molecular complexity index is 949. The van der Waals surface area contributed by atoms with Crippen LogP contribution in [0.4, 0.5) is 4.39 Å². The van der Waals surface area contributed by atoms with Gasteiger partial charge in [-0.15, -0.1) is 0 Å². The summed E-state index contributed by atoms with van der Waals surface area (Å²) in [4.78, 5) is 27.8. The van der Waals surface area contributed by atoms with Crippen molar-refractivity contribution in [1.82, 2.24) is 4.98 Å². The molecular weight excluding hydrogens is 339 g/mol. The Labute approximate surface area is 149 Å². The van der Waals surface area contributed by atoms with E-state index in [1.165, 1.54) is 25.3 Å².